The van der Waals surface area contributed by atoms with Crippen LogP contribution in [0.15, 0.2) is 0 Å². The number of carbonyl (C=O) groups excluding carboxylic acids is 3. The molecule has 1 fully saturated rings. The van der Waals surface area contributed by atoms with Crippen LogP contribution in [-0.4, -0.2) is 43.9 Å². The lowest BCUT2D eigenvalue weighted by Gasteiger charge is -2.20. The van der Waals surface area contributed by atoms with Crippen molar-refractivity contribution < 1.29 is 19.1 Å². The Labute approximate surface area is 146 Å². The number of esters is 1. The lowest BCUT2D eigenvalue weighted by molar-refractivity contribution is -0.120. The number of rotatable bonds is 4. The maximum Gasteiger partial charge on any atom is 0.341 e. The van der Waals surface area contributed by atoms with Gasteiger partial charge < -0.3 is 15.0 Å². The number of ether oxygens (including phenoxy) is 1. The molecule has 1 aliphatic rings. The van der Waals surface area contributed by atoms with E-state index in [0.717, 1.165) is 43.4 Å². The van der Waals surface area contributed by atoms with Crippen molar-refractivity contribution in [2.45, 2.75) is 39.0 Å². The van der Waals surface area contributed by atoms with Gasteiger partial charge in [-0.15, -0.1) is 11.3 Å². The van der Waals surface area contributed by atoms with Gasteiger partial charge in [0.1, 0.15) is 5.00 Å². The fraction of sp³-hybridized carbons (Fsp3) is 0.588. The monoisotopic (exact) mass is 352 g/mol. The van der Waals surface area contributed by atoms with E-state index in [-0.39, 0.29) is 23.3 Å². The zero-order valence-corrected chi connectivity index (χ0v) is 15.4. The Morgan fingerprint density at radius 3 is 2.33 bits per heavy atom. The SMILES string of the molecule is COC(=O)c1c(NC(=O)C2CCCCC2)sc(C(=O)N(C)C)c1C. The predicted molar refractivity (Wildman–Crippen MR) is 93.6 cm³/mol. The summed E-state index contributed by atoms with van der Waals surface area (Å²) in [7, 11) is 4.60. The number of hydrogen-bond acceptors (Lipinski definition) is 5. The van der Waals surface area contributed by atoms with Crippen LogP contribution >= 0.6 is 11.3 Å². The van der Waals surface area contributed by atoms with Gasteiger partial charge in [-0.1, -0.05) is 19.3 Å². The molecular weight excluding hydrogens is 328 g/mol. The minimum Gasteiger partial charge on any atom is -0.465 e. The maximum absolute atomic E-state index is 12.5. The number of nitrogens with zero attached hydrogens (tertiary/aromatic N) is 1. The molecule has 0 unspecified atom stereocenters. The highest BCUT2D eigenvalue weighted by Gasteiger charge is 2.29. The highest BCUT2D eigenvalue weighted by molar-refractivity contribution is 7.18. The van der Waals surface area contributed by atoms with Crippen molar-refractivity contribution in [1.82, 2.24) is 4.90 Å². The zero-order chi connectivity index (χ0) is 17.9. The first-order valence-corrected chi connectivity index (χ1v) is 8.92. The molecule has 0 aliphatic heterocycles. The highest BCUT2D eigenvalue weighted by atomic mass is 32.1. The smallest absolute Gasteiger partial charge is 0.341 e. The molecule has 6 nitrogen and oxygen atoms in total. The second kappa shape index (κ2) is 7.79. The van der Waals surface area contributed by atoms with Gasteiger partial charge in [-0.25, -0.2) is 4.79 Å². The van der Waals surface area contributed by atoms with Gasteiger partial charge in [-0.05, 0) is 25.3 Å². The van der Waals surface area contributed by atoms with Crippen molar-refractivity contribution in [3.05, 3.63) is 16.0 Å². The van der Waals surface area contributed by atoms with E-state index in [1.54, 1.807) is 21.0 Å². The average molecular weight is 352 g/mol. The number of anilines is 1. The minimum absolute atomic E-state index is 0.0281. The Kier molecular flexibility index (Phi) is 5.99. The van der Waals surface area contributed by atoms with Crippen molar-refractivity contribution in [2.75, 3.05) is 26.5 Å². The van der Waals surface area contributed by atoms with Gasteiger partial charge in [0, 0.05) is 20.0 Å². The molecule has 0 radical (unpaired) electrons. The summed E-state index contributed by atoms with van der Waals surface area (Å²) >= 11 is 1.13. The average Bonchev–Trinajstić information content (AvgIpc) is 2.90. The molecule has 1 aromatic rings. The molecule has 1 saturated carbocycles. The number of thiophene rings is 1. The van der Waals surface area contributed by atoms with E-state index in [1.807, 2.05) is 0 Å². The molecule has 2 amide bonds. The van der Waals surface area contributed by atoms with Crippen LogP contribution in [0.4, 0.5) is 5.00 Å². The Morgan fingerprint density at radius 2 is 1.79 bits per heavy atom. The van der Waals surface area contributed by atoms with E-state index in [2.05, 4.69) is 5.32 Å². The van der Waals surface area contributed by atoms with Crippen LogP contribution in [0.5, 0.6) is 0 Å². The van der Waals surface area contributed by atoms with Gasteiger partial charge in [0.05, 0.1) is 17.6 Å². The van der Waals surface area contributed by atoms with Crippen molar-refractivity contribution in [3.63, 3.8) is 0 Å². The molecule has 1 aromatic heterocycles. The standard InChI is InChI=1S/C17H24N2O4S/c1-10-12(17(22)23-4)15(24-13(10)16(21)19(2)3)18-14(20)11-8-6-5-7-9-11/h11H,5-9H2,1-4H3,(H,18,20). The first kappa shape index (κ1) is 18.4. The molecule has 0 atom stereocenters. The normalized spacial score (nSPS) is 15.0. The summed E-state index contributed by atoms with van der Waals surface area (Å²) in [4.78, 5) is 38.8. The summed E-state index contributed by atoms with van der Waals surface area (Å²) in [5, 5.41) is 3.26. The van der Waals surface area contributed by atoms with Gasteiger partial charge in [0.25, 0.3) is 5.91 Å². The maximum atomic E-state index is 12.5. The Morgan fingerprint density at radius 1 is 1.17 bits per heavy atom. The van der Waals surface area contributed by atoms with Crippen LogP contribution in [0.2, 0.25) is 0 Å². The van der Waals surface area contributed by atoms with Crippen LogP contribution < -0.4 is 5.32 Å². The molecule has 0 saturated heterocycles. The number of amides is 2. The lowest BCUT2D eigenvalue weighted by atomic mass is 9.89. The fourth-order valence-corrected chi connectivity index (χ4v) is 4.15. The van der Waals surface area contributed by atoms with Crippen LogP contribution in [0, 0.1) is 12.8 Å². The molecule has 132 valence electrons. The first-order chi connectivity index (χ1) is 11.4. The van der Waals surface area contributed by atoms with Gasteiger partial charge >= 0.3 is 5.97 Å². The third-order valence-electron chi connectivity index (χ3n) is 4.35. The summed E-state index contributed by atoms with van der Waals surface area (Å²) in [6.45, 7) is 1.70. The van der Waals surface area contributed by atoms with Crippen LogP contribution in [-0.2, 0) is 9.53 Å². The van der Waals surface area contributed by atoms with Gasteiger partial charge in [0.2, 0.25) is 5.91 Å². The minimum atomic E-state index is -0.541. The van der Waals surface area contributed by atoms with E-state index in [1.165, 1.54) is 12.0 Å². The van der Waals surface area contributed by atoms with Crippen LogP contribution in [0.3, 0.4) is 0 Å². The van der Waals surface area contributed by atoms with Gasteiger partial charge in [-0.3, -0.25) is 9.59 Å². The lowest BCUT2D eigenvalue weighted by Crippen LogP contribution is -2.25. The fourth-order valence-electron chi connectivity index (χ4n) is 2.94. The number of hydrogen-bond donors (Lipinski definition) is 1. The van der Waals surface area contributed by atoms with Crippen molar-refractivity contribution in [1.29, 1.82) is 0 Å². The van der Waals surface area contributed by atoms with E-state index < -0.39 is 5.97 Å². The molecular formula is C17H24N2O4S. The zero-order valence-electron chi connectivity index (χ0n) is 14.6. The second-order valence-corrected chi connectivity index (χ2v) is 7.30. The van der Waals surface area contributed by atoms with Crippen molar-refractivity contribution in [2.24, 2.45) is 5.92 Å². The molecule has 0 bridgehead atoms. The molecule has 1 N–H and O–H groups in total. The number of nitrogens with one attached hydrogen (secondary N) is 1. The Bertz CT molecular complexity index is 645. The molecule has 2 rings (SSSR count). The second-order valence-electron chi connectivity index (χ2n) is 6.28. The van der Waals surface area contributed by atoms with Gasteiger partial charge in [0.15, 0.2) is 0 Å². The van der Waals surface area contributed by atoms with Crippen molar-refractivity contribution >= 4 is 34.1 Å². The topological polar surface area (TPSA) is 75.7 Å². The number of carbonyl (C=O) groups is 3. The molecule has 0 spiro atoms. The third kappa shape index (κ3) is 3.77. The molecule has 7 heteroatoms. The quantitative estimate of drug-likeness (QED) is 0.845. The van der Waals surface area contributed by atoms with Crippen molar-refractivity contribution in [3.8, 4) is 0 Å². The van der Waals surface area contributed by atoms with E-state index >= 15 is 0 Å². The molecule has 0 aromatic carbocycles. The highest BCUT2D eigenvalue weighted by Crippen LogP contribution is 2.35. The summed E-state index contributed by atoms with van der Waals surface area (Å²) in [5.41, 5.74) is 0.821. The summed E-state index contributed by atoms with van der Waals surface area (Å²) in [6.07, 6.45) is 5.00. The molecule has 24 heavy (non-hydrogen) atoms. The summed E-state index contributed by atoms with van der Waals surface area (Å²) in [5.74, 6) is -0.842. The first-order valence-electron chi connectivity index (χ1n) is 8.11. The van der Waals surface area contributed by atoms with Gasteiger partial charge in [-0.2, -0.15) is 0 Å². The number of methoxy groups -OCH3 is 1. The summed E-state index contributed by atoms with van der Waals surface area (Å²) in [6, 6.07) is 0. The molecule has 1 aliphatic carbocycles. The predicted octanol–water partition coefficient (Wildman–Crippen LogP) is 3.06. The van der Waals surface area contributed by atoms with Crippen LogP contribution in [0.1, 0.15) is 57.7 Å². The summed E-state index contributed by atoms with van der Waals surface area (Å²) < 4.78 is 4.83. The van der Waals surface area contributed by atoms with E-state index in [0.29, 0.717) is 15.4 Å². The van der Waals surface area contributed by atoms with Crippen LogP contribution in [0.25, 0.3) is 0 Å². The molecule has 1 heterocycles. The Balaban J connectivity index is 2.33. The Hall–Kier alpha value is -1.89. The third-order valence-corrected chi connectivity index (χ3v) is 5.54. The van der Waals surface area contributed by atoms with E-state index in [9.17, 15) is 14.4 Å². The van der Waals surface area contributed by atoms with E-state index in [4.69, 9.17) is 4.74 Å². The largest absolute Gasteiger partial charge is 0.465 e.